The summed E-state index contributed by atoms with van der Waals surface area (Å²) in [5, 5.41) is 4.00. The summed E-state index contributed by atoms with van der Waals surface area (Å²) in [5.41, 5.74) is 1.86. The molecule has 0 unspecified atom stereocenters. The summed E-state index contributed by atoms with van der Waals surface area (Å²) in [5.74, 6) is 1.60. The van der Waals surface area contributed by atoms with Crippen LogP contribution in [0.5, 0.6) is 11.5 Å². The molecule has 0 aliphatic heterocycles. The minimum Gasteiger partial charge on any atom is -0.493 e. The molecule has 4 aromatic rings. The molecule has 0 radical (unpaired) electrons. The zero-order valence-corrected chi connectivity index (χ0v) is 18.0. The Morgan fingerprint density at radius 2 is 1.74 bits per heavy atom. The molecule has 9 heteroatoms. The Bertz CT molecular complexity index is 1320. The van der Waals surface area contributed by atoms with Gasteiger partial charge in [-0.2, -0.15) is 4.98 Å². The molecule has 8 nitrogen and oxygen atoms in total. The van der Waals surface area contributed by atoms with Crippen LogP contribution in [0, 0.1) is 6.92 Å². The van der Waals surface area contributed by atoms with E-state index >= 15 is 0 Å². The molecule has 2 aromatic heterocycles. The largest absolute Gasteiger partial charge is 0.493 e. The number of furan rings is 1. The van der Waals surface area contributed by atoms with Gasteiger partial charge in [-0.05, 0) is 36.8 Å². The molecular formula is C22H20N2O6S. The first-order chi connectivity index (χ1) is 14.9. The summed E-state index contributed by atoms with van der Waals surface area (Å²) in [6, 6.07) is 15.3. The van der Waals surface area contributed by atoms with Crippen molar-refractivity contribution in [3.63, 3.8) is 0 Å². The second kappa shape index (κ2) is 8.27. The van der Waals surface area contributed by atoms with E-state index in [-0.39, 0.29) is 22.3 Å². The van der Waals surface area contributed by atoms with Gasteiger partial charge in [-0.15, -0.1) is 0 Å². The van der Waals surface area contributed by atoms with Crippen LogP contribution in [0.25, 0.3) is 23.0 Å². The summed E-state index contributed by atoms with van der Waals surface area (Å²) in [7, 11) is -0.747. The summed E-state index contributed by atoms with van der Waals surface area (Å²) in [4.78, 5) is 4.47. The molecule has 31 heavy (non-hydrogen) atoms. The third kappa shape index (κ3) is 4.17. The summed E-state index contributed by atoms with van der Waals surface area (Å²) >= 11 is 0. The highest BCUT2D eigenvalue weighted by Crippen LogP contribution is 2.31. The fourth-order valence-corrected chi connectivity index (χ4v) is 4.37. The molecule has 0 fully saturated rings. The predicted octanol–water partition coefficient (Wildman–Crippen LogP) is 4.30. The lowest BCUT2D eigenvalue weighted by Gasteiger charge is -2.09. The van der Waals surface area contributed by atoms with E-state index in [1.807, 2.05) is 31.2 Å². The minimum absolute atomic E-state index is 0.0997. The lowest BCUT2D eigenvalue weighted by molar-refractivity contribution is 0.354. The van der Waals surface area contributed by atoms with Crippen molar-refractivity contribution in [2.24, 2.45) is 0 Å². The van der Waals surface area contributed by atoms with Gasteiger partial charge in [0.15, 0.2) is 27.1 Å². The molecule has 2 aromatic carbocycles. The first-order valence-corrected chi connectivity index (χ1v) is 11.0. The Morgan fingerprint density at radius 3 is 2.48 bits per heavy atom. The van der Waals surface area contributed by atoms with Crippen LogP contribution < -0.4 is 9.47 Å². The zero-order chi connectivity index (χ0) is 22.0. The number of hydrogen-bond donors (Lipinski definition) is 0. The van der Waals surface area contributed by atoms with Crippen molar-refractivity contribution < 1.29 is 26.8 Å². The minimum atomic E-state index is -3.68. The maximum absolute atomic E-state index is 12.8. The Morgan fingerprint density at radius 1 is 0.968 bits per heavy atom. The molecule has 0 spiro atoms. The Balaban J connectivity index is 1.56. The Labute approximate surface area is 179 Å². The molecule has 160 valence electrons. The monoisotopic (exact) mass is 440 g/mol. The quantitative estimate of drug-likeness (QED) is 0.419. The van der Waals surface area contributed by atoms with Crippen LogP contribution in [-0.2, 0) is 15.6 Å². The zero-order valence-electron chi connectivity index (χ0n) is 17.2. The van der Waals surface area contributed by atoms with Crippen molar-refractivity contribution in [2.75, 3.05) is 14.2 Å². The van der Waals surface area contributed by atoms with Crippen LogP contribution in [0.15, 0.2) is 68.4 Å². The first kappa shape index (κ1) is 20.7. The molecule has 4 rings (SSSR count). The van der Waals surface area contributed by atoms with Crippen LogP contribution in [0.2, 0.25) is 0 Å². The van der Waals surface area contributed by atoms with E-state index < -0.39 is 9.84 Å². The number of methoxy groups -OCH3 is 2. The molecule has 0 saturated carbocycles. The number of rotatable bonds is 7. The fraction of sp³-hybridized carbons (Fsp3) is 0.182. The highest BCUT2D eigenvalue weighted by molar-refractivity contribution is 7.90. The van der Waals surface area contributed by atoms with Crippen LogP contribution >= 0.6 is 0 Å². The normalized spacial score (nSPS) is 11.5. The highest BCUT2D eigenvalue weighted by atomic mass is 32.2. The van der Waals surface area contributed by atoms with Crippen molar-refractivity contribution in [3.05, 3.63) is 65.9 Å². The molecule has 0 N–H and O–H groups in total. The first-order valence-electron chi connectivity index (χ1n) is 9.35. The average Bonchev–Trinajstić information content (AvgIpc) is 3.43. The molecule has 0 saturated heterocycles. The van der Waals surface area contributed by atoms with Crippen molar-refractivity contribution in [1.29, 1.82) is 0 Å². The number of hydrogen-bond acceptors (Lipinski definition) is 8. The molecule has 0 aliphatic rings. The standard InChI is InChI=1S/C22H20N2O6S/c1-14-6-4-5-7-17(14)21-23-22(30-24-21)19-10-8-15(29-19)13-31(25,26)16-9-11-18(27-2)20(12-16)28-3/h4-12H,13H2,1-3H3. The second-order valence-corrected chi connectivity index (χ2v) is 8.77. The van der Waals surface area contributed by atoms with Crippen LogP contribution in [0.1, 0.15) is 11.3 Å². The smallest absolute Gasteiger partial charge is 0.293 e. The van der Waals surface area contributed by atoms with E-state index in [0.717, 1.165) is 11.1 Å². The highest BCUT2D eigenvalue weighted by Gasteiger charge is 2.22. The van der Waals surface area contributed by atoms with E-state index in [9.17, 15) is 8.42 Å². The van der Waals surface area contributed by atoms with Gasteiger partial charge in [0.25, 0.3) is 5.89 Å². The third-order valence-electron chi connectivity index (χ3n) is 4.73. The molecule has 0 bridgehead atoms. The number of aryl methyl sites for hydroxylation is 1. The van der Waals surface area contributed by atoms with Gasteiger partial charge >= 0.3 is 0 Å². The number of benzene rings is 2. The number of nitrogens with zero attached hydrogens (tertiary/aromatic N) is 2. The topological polar surface area (TPSA) is 105 Å². The van der Waals surface area contributed by atoms with Crippen LogP contribution in [-0.4, -0.2) is 32.8 Å². The Kier molecular flexibility index (Phi) is 5.51. The summed E-state index contributed by atoms with van der Waals surface area (Å²) in [6.45, 7) is 1.95. The third-order valence-corrected chi connectivity index (χ3v) is 6.37. The predicted molar refractivity (Wildman–Crippen MR) is 113 cm³/mol. The van der Waals surface area contributed by atoms with Gasteiger partial charge in [0, 0.05) is 11.6 Å². The molecule has 0 amide bonds. The van der Waals surface area contributed by atoms with Crippen LogP contribution in [0.4, 0.5) is 0 Å². The molecular weight excluding hydrogens is 420 g/mol. The SMILES string of the molecule is COc1ccc(S(=O)(=O)Cc2ccc(-c3nc(-c4ccccc4C)no3)o2)cc1OC. The van der Waals surface area contributed by atoms with Crippen molar-refractivity contribution in [1.82, 2.24) is 10.1 Å². The van der Waals surface area contributed by atoms with Gasteiger partial charge < -0.3 is 18.4 Å². The number of ether oxygens (including phenoxy) is 2. The van der Waals surface area contributed by atoms with E-state index in [4.69, 9.17) is 18.4 Å². The summed E-state index contributed by atoms with van der Waals surface area (Å²) in [6.07, 6.45) is 0. The van der Waals surface area contributed by atoms with E-state index in [1.54, 1.807) is 18.2 Å². The van der Waals surface area contributed by atoms with Gasteiger partial charge in [-0.3, -0.25) is 0 Å². The van der Waals surface area contributed by atoms with Crippen LogP contribution in [0.3, 0.4) is 0 Å². The lowest BCUT2D eigenvalue weighted by atomic mass is 10.1. The van der Waals surface area contributed by atoms with E-state index in [1.165, 1.54) is 26.4 Å². The molecule has 0 aliphatic carbocycles. The fourth-order valence-electron chi connectivity index (χ4n) is 3.11. The van der Waals surface area contributed by atoms with Gasteiger partial charge in [-0.25, -0.2) is 8.42 Å². The molecule has 0 atom stereocenters. The van der Waals surface area contributed by atoms with Gasteiger partial charge in [0.2, 0.25) is 5.82 Å². The average molecular weight is 440 g/mol. The Hall–Kier alpha value is -3.59. The van der Waals surface area contributed by atoms with Gasteiger partial charge in [0.1, 0.15) is 11.5 Å². The number of sulfone groups is 1. The van der Waals surface area contributed by atoms with Crippen molar-refractivity contribution >= 4 is 9.84 Å². The maximum Gasteiger partial charge on any atom is 0.293 e. The van der Waals surface area contributed by atoms with E-state index in [0.29, 0.717) is 23.1 Å². The van der Waals surface area contributed by atoms with Crippen molar-refractivity contribution in [2.45, 2.75) is 17.6 Å². The van der Waals surface area contributed by atoms with Gasteiger partial charge in [-0.1, -0.05) is 29.4 Å². The number of aromatic nitrogens is 2. The van der Waals surface area contributed by atoms with Gasteiger partial charge in [0.05, 0.1) is 19.1 Å². The van der Waals surface area contributed by atoms with E-state index in [2.05, 4.69) is 10.1 Å². The lowest BCUT2D eigenvalue weighted by Crippen LogP contribution is -2.05. The second-order valence-electron chi connectivity index (χ2n) is 6.78. The maximum atomic E-state index is 12.8. The summed E-state index contributed by atoms with van der Waals surface area (Å²) < 4.78 is 47.0. The molecule has 2 heterocycles. The van der Waals surface area contributed by atoms with Crippen molar-refractivity contribution in [3.8, 4) is 34.5 Å².